The number of alkyl carbamates (subject to hydrolysis) is 2. The Balaban J connectivity index is 0.000000150. The number of methoxy groups -OCH3 is 3. The zero-order valence-electron chi connectivity index (χ0n) is 57.8. The van der Waals surface area contributed by atoms with E-state index in [2.05, 4.69) is 79.6 Å². The van der Waals surface area contributed by atoms with Crippen LogP contribution >= 0.6 is 0 Å². The topological polar surface area (TPSA) is 272 Å². The Kier molecular flexibility index (Phi) is 20.7. The highest BCUT2D eigenvalue weighted by Gasteiger charge is 2.27. The van der Waals surface area contributed by atoms with E-state index in [-0.39, 0.29) is 35.9 Å². The zero-order chi connectivity index (χ0) is 68.3. The van der Waals surface area contributed by atoms with Gasteiger partial charge in [0.15, 0.2) is 0 Å². The molecule has 0 bridgehead atoms. The van der Waals surface area contributed by atoms with Crippen molar-refractivity contribution in [3.8, 4) is 0 Å². The minimum absolute atomic E-state index is 0.0278. The number of rotatable bonds is 16. The van der Waals surface area contributed by atoms with Crippen molar-refractivity contribution in [2.24, 2.45) is 5.73 Å². The number of nitrogens with one attached hydrogen (secondary N) is 4. The van der Waals surface area contributed by atoms with Crippen molar-refractivity contribution in [1.82, 2.24) is 54.5 Å². The average molecular weight is 1310 g/mol. The highest BCUT2D eigenvalue weighted by Crippen LogP contribution is 2.34. The molecule has 0 fully saturated rings. The lowest BCUT2D eigenvalue weighted by Gasteiger charge is -2.23. The molecule has 0 saturated heterocycles. The van der Waals surface area contributed by atoms with Crippen molar-refractivity contribution in [1.29, 1.82) is 0 Å². The highest BCUT2D eigenvalue weighted by atomic mass is 16.6. The van der Waals surface area contributed by atoms with Crippen molar-refractivity contribution in [3.05, 3.63) is 154 Å². The van der Waals surface area contributed by atoms with Gasteiger partial charge in [-0.15, -0.1) is 0 Å². The van der Waals surface area contributed by atoms with E-state index in [0.717, 1.165) is 118 Å². The molecule has 3 aliphatic rings. The molecule has 10 aromatic rings. The van der Waals surface area contributed by atoms with Crippen LogP contribution < -0.4 is 33.0 Å². The van der Waals surface area contributed by atoms with Crippen LogP contribution in [0.15, 0.2) is 81.1 Å². The summed E-state index contributed by atoms with van der Waals surface area (Å²) < 4.78 is 34.8. The summed E-state index contributed by atoms with van der Waals surface area (Å²) in [5, 5.41) is 30.2. The molecule has 0 saturated carbocycles. The molecule has 22 heteroatoms. The van der Waals surface area contributed by atoms with Crippen LogP contribution in [0.3, 0.4) is 0 Å². The van der Waals surface area contributed by atoms with Gasteiger partial charge in [-0.2, -0.15) is 15.3 Å². The van der Waals surface area contributed by atoms with Crippen LogP contribution in [0.4, 0.5) is 9.59 Å². The largest absolute Gasteiger partial charge is 0.444 e. The average Bonchev–Trinajstić information content (AvgIpc) is 1.42. The number of ether oxygens (including phenoxy) is 5. The first kappa shape index (κ1) is 68.7. The quantitative estimate of drug-likeness (QED) is 0.0602. The Bertz CT molecular complexity index is 4710. The minimum atomic E-state index is -0.596. The van der Waals surface area contributed by atoms with Gasteiger partial charge in [-0.3, -0.25) is 29.3 Å². The summed E-state index contributed by atoms with van der Waals surface area (Å²) in [6.07, 6.45) is 11.3. The summed E-state index contributed by atoms with van der Waals surface area (Å²) >= 11 is 0. The van der Waals surface area contributed by atoms with Gasteiger partial charge in [0.2, 0.25) is 0 Å². The van der Waals surface area contributed by atoms with Gasteiger partial charge < -0.3 is 53.8 Å². The summed E-state index contributed by atoms with van der Waals surface area (Å²) in [4.78, 5) is 65.1. The van der Waals surface area contributed by atoms with E-state index in [4.69, 9.17) is 34.5 Å². The number of aromatic amines is 2. The maximum absolute atomic E-state index is 14.1. The molecule has 0 spiro atoms. The Labute approximate surface area is 558 Å². The fourth-order valence-electron chi connectivity index (χ4n) is 13.8. The fraction of sp³-hybridized carbons (Fsp3) is 0.486. The van der Waals surface area contributed by atoms with Gasteiger partial charge in [0.05, 0.1) is 77.2 Å². The predicted octanol–water partition coefficient (Wildman–Crippen LogP) is 10.8. The molecule has 6 N–H and O–H groups in total. The number of H-pyrrole nitrogens is 2. The Morgan fingerprint density at radius 1 is 0.521 bits per heavy atom. The van der Waals surface area contributed by atoms with Gasteiger partial charge >= 0.3 is 12.2 Å². The first-order valence-electron chi connectivity index (χ1n) is 33.8. The third-order valence-electron chi connectivity index (χ3n) is 18.8. The van der Waals surface area contributed by atoms with Gasteiger partial charge in [0.25, 0.3) is 16.7 Å². The lowest BCUT2D eigenvalue weighted by atomic mass is 9.90. The van der Waals surface area contributed by atoms with Crippen LogP contribution in [0.25, 0.3) is 65.4 Å². The second-order valence-corrected chi connectivity index (χ2v) is 28.0. The van der Waals surface area contributed by atoms with Crippen LogP contribution in [-0.2, 0) is 88.4 Å². The number of aromatic nitrogens is 9. The van der Waals surface area contributed by atoms with Gasteiger partial charge in [0, 0.05) is 74.2 Å². The van der Waals surface area contributed by atoms with Crippen LogP contribution in [0, 0.1) is 20.8 Å². The van der Waals surface area contributed by atoms with Crippen LogP contribution in [0.2, 0.25) is 0 Å². The molecule has 2 amide bonds. The number of carbonyl (C=O) groups is 2. The minimum Gasteiger partial charge on any atom is -0.444 e. The summed E-state index contributed by atoms with van der Waals surface area (Å²) in [7, 11) is 4.81. The molecule has 3 aliphatic carbocycles. The molecule has 96 heavy (non-hydrogen) atoms. The molecule has 6 aromatic heterocycles. The highest BCUT2D eigenvalue weighted by molar-refractivity contribution is 6.06. The number of nitrogens with zero attached hydrogens (tertiary/aromatic N) is 7. The standard InChI is InChI=1S/C31H38N4O4.C24H32N4O4.C19H24N4O2/c1-20-27-28(33-35(20)18-21-11-7-6-8-12-21)25-15-22-13-9-10-14-23(22)16-26(25)34(29(27)36)19-24(38-5)17-32-30(37)39-31(2,3)4;1-14-20-21(27-26-14)18-10-15-8-6-7-9-16(15)11-19(18)28(22(20)29)13-17(31-5)12-25-23(30)32-24(2,3)4;1-11-17-18(22-21-11)15-7-12-5-3-4-6-13(12)8-16(15)23(19(17)24)10-14(9-20)25-2/h6-8,11-12,15-16,24H,9-10,13-14,17-19H2,1-5H3,(H,32,37);10-11,17H,6-9,12-13H2,1-5H3,(H,25,30)(H,26,27);7-8,14H,3-6,9-10,20H2,1-2H3,(H,21,22). The Morgan fingerprint density at radius 3 is 1.24 bits per heavy atom. The lowest BCUT2D eigenvalue weighted by Crippen LogP contribution is -2.40. The van der Waals surface area contributed by atoms with E-state index in [1.165, 1.54) is 59.1 Å². The number of pyridine rings is 3. The normalized spacial score (nSPS) is 14.9. The molecule has 22 nitrogen and oxygen atoms in total. The zero-order valence-corrected chi connectivity index (χ0v) is 57.8. The van der Waals surface area contributed by atoms with Crippen molar-refractivity contribution in [2.45, 2.75) is 195 Å². The molecule has 0 radical (unpaired) electrons. The van der Waals surface area contributed by atoms with Crippen molar-refractivity contribution in [3.63, 3.8) is 0 Å². The van der Waals surface area contributed by atoms with Gasteiger partial charge in [-0.25, -0.2) is 9.59 Å². The van der Waals surface area contributed by atoms with Crippen LogP contribution in [0.5, 0.6) is 0 Å². The Hall–Kier alpha value is -8.70. The number of aryl methyl sites for hydroxylation is 9. The number of benzene rings is 4. The second-order valence-electron chi connectivity index (χ2n) is 28.0. The third-order valence-corrected chi connectivity index (χ3v) is 18.8. The van der Waals surface area contributed by atoms with E-state index in [0.29, 0.717) is 54.4 Å². The summed E-state index contributed by atoms with van der Waals surface area (Å²) in [6.45, 7) is 19.1. The molecule has 13 rings (SSSR count). The monoisotopic (exact) mass is 1310 g/mol. The summed E-state index contributed by atoms with van der Waals surface area (Å²) in [6, 6.07) is 23.3. The van der Waals surface area contributed by atoms with E-state index in [9.17, 15) is 24.0 Å². The van der Waals surface area contributed by atoms with Crippen LogP contribution in [-0.4, -0.2) is 127 Å². The first-order chi connectivity index (χ1) is 46.0. The molecule has 6 heterocycles. The fourth-order valence-corrected chi connectivity index (χ4v) is 13.8. The number of carbonyl (C=O) groups excluding carboxylic acids is 2. The molecular formula is C74H94N12O10. The SMILES string of the molecule is COC(CN)Cn1c(=O)c2c(C)[nH]nc2c2cc3c(cc21)CCCC3.COC(CNC(=O)OC(C)(C)C)Cn1c(=O)c2c(C)[nH]nc2c2cc3c(cc21)CCCC3.COC(CNC(=O)OC(C)(C)C)Cn1c(=O)c2c(C)n(Cc3ccccc3)nc2c2cc3c(cc21)CCCC3. The van der Waals surface area contributed by atoms with Crippen molar-refractivity contribution >= 4 is 77.6 Å². The molecule has 4 aromatic carbocycles. The number of nitrogens with two attached hydrogens (primary N) is 1. The molecular weight excluding hydrogens is 1220 g/mol. The van der Waals surface area contributed by atoms with Gasteiger partial charge in [-0.1, -0.05) is 30.3 Å². The summed E-state index contributed by atoms with van der Waals surface area (Å²) in [5.74, 6) is 0. The number of amides is 2. The van der Waals surface area contributed by atoms with Crippen molar-refractivity contribution < 1.29 is 33.3 Å². The maximum atomic E-state index is 14.1. The number of hydrogen-bond acceptors (Lipinski definition) is 14. The number of fused-ring (bicyclic) bond motifs is 12. The summed E-state index contributed by atoms with van der Waals surface area (Å²) in [5.41, 5.74) is 20.8. The van der Waals surface area contributed by atoms with Crippen LogP contribution in [0.1, 0.15) is 136 Å². The maximum Gasteiger partial charge on any atom is 0.407 e. The van der Waals surface area contributed by atoms with Crippen molar-refractivity contribution in [2.75, 3.05) is 41.0 Å². The second kappa shape index (κ2) is 28.9. The van der Waals surface area contributed by atoms with Gasteiger partial charge in [-0.05, 0) is 215 Å². The third kappa shape index (κ3) is 14.8. The molecule has 510 valence electrons. The van der Waals surface area contributed by atoms with E-state index in [1.54, 1.807) is 30.5 Å². The molecule has 0 aliphatic heterocycles. The molecule has 3 unspecified atom stereocenters. The molecule has 3 atom stereocenters. The predicted molar refractivity (Wildman–Crippen MR) is 377 cm³/mol. The van der Waals surface area contributed by atoms with E-state index < -0.39 is 35.6 Å². The smallest absolute Gasteiger partial charge is 0.407 e. The number of hydrogen-bond donors (Lipinski definition) is 5. The van der Waals surface area contributed by atoms with E-state index in [1.807, 2.05) is 89.8 Å². The Morgan fingerprint density at radius 2 is 0.875 bits per heavy atom. The lowest BCUT2D eigenvalue weighted by molar-refractivity contribution is 0.0429. The van der Waals surface area contributed by atoms with Gasteiger partial charge in [0.1, 0.15) is 27.8 Å². The van der Waals surface area contributed by atoms with E-state index >= 15 is 0 Å². The first-order valence-corrected chi connectivity index (χ1v) is 33.8.